The number of carbonyl (C=O) groups is 2. The summed E-state index contributed by atoms with van der Waals surface area (Å²) >= 11 is 18.1. The summed E-state index contributed by atoms with van der Waals surface area (Å²) in [6.07, 6.45) is 0.208. The van der Waals surface area contributed by atoms with Crippen molar-refractivity contribution in [1.82, 2.24) is 5.32 Å². The SMILES string of the molecule is COC(=O)c1cc(Cl)c2c(c1)CC(CNC(=O)c1ccc(Cl)cc1Cl)O2. The molecule has 1 aliphatic rings. The van der Waals surface area contributed by atoms with Gasteiger partial charge in [0.1, 0.15) is 11.9 Å². The van der Waals surface area contributed by atoms with Gasteiger partial charge < -0.3 is 14.8 Å². The number of methoxy groups -OCH3 is 1. The minimum atomic E-state index is -0.469. The van der Waals surface area contributed by atoms with E-state index in [0.717, 1.165) is 5.56 Å². The number of hydrogen-bond donors (Lipinski definition) is 1. The second-order valence-corrected chi connectivity index (χ2v) is 6.97. The van der Waals surface area contributed by atoms with E-state index in [0.29, 0.717) is 33.3 Å². The molecule has 0 saturated carbocycles. The number of fused-ring (bicyclic) bond motifs is 1. The summed E-state index contributed by atoms with van der Waals surface area (Å²) in [5.74, 6) is -0.278. The number of benzene rings is 2. The predicted molar refractivity (Wildman–Crippen MR) is 99.7 cm³/mol. The first-order chi connectivity index (χ1) is 12.4. The van der Waals surface area contributed by atoms with Crippen molar-refractivity contribution < 1.29 is 19.1 Å². The molecule has 136 valence electrons. The highest BCUT2D eigenvalue weighted by atomic mass is 35.5. The van der Waals surface area contributed by atoms with Gasteiger partial charge in [-0.15, -0.1) is 0 Å². The highest BCUT2D eigenvalue weighted by Gasteiger charge is 2.27. The maximum absolute atomic E-state index is 12.3. The van der Waals surface area contributed by atoms with E-state index >= 15 is 0 Å². The zero-order valence-corrected chi connectivity index (χ0v) is 15.9. The van der Waals surface area contributed by atoms with Crippen molar-refractivity contribution in [3.8, 4) is 5.75 Å². The average molecular weight is 415 g/mol. The summed E-state index contributed by atoms with van der Waals surface area (Å²) < 4.78 is 10.5. The second kappa shape index (κ2) is 7.74. The van der Waals surface area contributed by atoms with Crippen molar-refractivity contribution in [3.05, 3.63) is 62.1 Å². The molecule has 1 amide bonds. The van der Waals surface area contributed by atoms with Crippen LogP contribution in [0.2, 0.25) is 15.1 Å². The third kappa shape index (κ3) is 3.90. The molecule has 8 heteroatoms. The Labute approximate surface area is 165 Å². The Kier molecular flexibility index (Phi) is 5.61. The maximum atomic E-state index is 12.3. The van der Waals surface area contributed by atoms with Gasteiger partial charge in [-0.2, -0.15) is 0 Å². The van der Waals surface area contributed by atoms with E-state index in [1.807, 2.05) is 0 Å². The van der Waals surface area contributed by atoms with Gasteiger partial charge in [0, 0.05) is 17.0 Å². The Morgan fingerprint density at radius 2 is 1.96 bits per heavy atom. The van der Waals surface area contributed by atoms with E-state index in [-0.39, 0.29) is 23.6 Å². The molecule has 0 aliphatic carbocycles. The predicted octanol–water partition coefficient (Wildman–Crippen LogP) is 4.17. The first-order valence-corrected chi connectivity index (χ1v) is 8.83. The lowest BCUT2D eigenvalue weighted by molar-refractivity contribution is 0.0600. The minimum absolute atomic E-state index is 0.260. The van der Waals surface area contributed by atoms with Crippen molar-refractivity contribution in [2.24, 2.45) is 0 Å². The van der Waals surface area contributed by atoms with Crippen molar-refractivity contribution in [3.63, 3.8) is 0 Å². The van der Waals surface area contributed by atoms with Crippen LogP contribution in [-0.4, -0.2) is 31.6 Å². The monoisotopic (exact) mass is 413 g/mol. The van der Waals surface area contributed by atoms with Crippen molar-refractivity contribution in [1.29, 1.82) is 0 Å². The Hall–Kier alpha value is -1.95. The van der Waals surface area contributed by atoms with Crippen LogP contribution in [0.5, 0.6) is 5.75 Å². The van der Waals surface area contributed by atoms with Crippen LogP contribution in [0, 0.1) is 0 Å². The molecule has 1 atom stereocenters. The van der Waals surface area contributed by atoms with Crippen LogP contribution >= 0.6 is 34.8 Å². The Morgan fingerprint density at radius 3 is 2.65 bits per heavy atom. The van der Waals surface area contributed by atoms with Crippen molar-refractivity contribution in [2.45, 2.75) is 12.5 Å². The summed E-state index contributed by atoms with van der Waals surface area (Å²) in [5.41, 5.74) is 1.48. The fraction of sp³-hybridized carbons (Fsp3) is 0.222. The number of halogens is 3. The molecule has 26 heavy (non-hydrogen) atoms. The first kappa shape index (κ1) is 18.8. The molecular formula is C18H14Cl3NO4. The lowest BCUT2D eigenvalue weighted by Gasteiger charge is -2.13. The van der Waals surface area contributed by atoms with Crippen molar-refractivity contribution in [2.75, 3.05) is 13.7 Å². The van der Waals surface area contributed by atoms with Crippen molar-refractivity contribution >= 4 is 46.7 Å². The molecule has 2 aromatic rings. The number of nitrogens with one attached hydrogen (secondary N) is 1. The number of ether oxygens (including phenoxy) is 2. The van der Waals surface area contributed by atoms with Gasteiger partial charge in [-0.05, 0) is 30.3 Å². The van der Waals surface area contributed by atoms with E-state index in [2.05, 4.69) is 5.32 Å². The molecule has 0 spiro atoms. The normalized spacial score (nSPS) is 15.2. The van der Waals surface area contributed by atoms with Crippen LogP contribution < -0.4 is 10.1 Å². The van der Waals surface area contributed by atoms with E-state index < -0.39 is 5.97 Å². The molecule has 1 unspecified atom stereocenters. The smallest absolute Gasteiger partial charge is 0.337 e. The highest BCUT2D eigenvalue weighted by Crippen LogP contribution is 2.37. The Balaban J connectivity index is 1.66. The van der Waals surface area contributed by atoms with Crippen LogP contribution in [0.1, 0.15) is 26.3 Å². The average Bonchev–Trinajstić information content (AvgIpc) is 3.02. The zero-order chi connectivity index (χ0) is 18.8. The number of rotatable bonds is 4. The summed E-state index contributed by atoms with van der Waals surface area (Å²) in [6.45, 7) is 0.260. The molecule has 1 aliphatic heterocycles. The molecule has 0 aromatic heterocycles. The number of esters is 1. The molecule has 2 aromatic carbocycles. The summed E-state index contributed by atoms with van der Waals surface area (Å²) in [7, 11) is 1.31. The number of carbonyl (C=O) groups excluding carboxylic acids is 2. The standard InChI is InChI=1S/C18H14Cl3NO4/c1-25-18(24)10-4-9-5-12(26-16(9)15(21)6-10)8-22-17(23)13-3-2-11(19)7-14(13)20/h2-4,6-7,12H,5,8H2,1H3,(H,22,23). The summed E-state index contributed by atoms with van der Waals surface area (Å²) in [6, 6.07) is 7.85. The lowest BCUT2D eigenvalue weighted by Crippen LogP contribution is -2.34. The minimum Gasteiger partial charge on any atom is -0.486 e. The lowest BCUT2D eigenvalue weighted by atomic mass is 10.1. The largest absolute Gasteiger partial charge is 0.486 e. The summed E-state index contributed by atoms with van der Waals surface area (Å²) in [4.78, 5) is 23.9. The third-order valence-corrected chi connectivity index (χ3v) is 4.77. The van der Waals surface area contributed by atoms with Crippen LogP contribution in [0.15, 0.2) is 30.3 Å². The van der Waals surface area contributed by atoms with E-state index in [1.165, 1.54) is 19.2 Å². The van der Waals surface area contributed by atoms with E-state index in [4.69, 9.17) is 44.3 Å². The maximum Gasteiger partial charge on any atom is 0.337 e. The van der Waals surface area contributed by atoms with Gasteiger partial charge in [-0.3, -0.25) is 4.79 Å². The van der Waals surface area contributed by atoms with Crippen LogP contribution in [0.25, 0.3) is 0 Å². The topological polar surface area (TPSA) is 64.6 Å². The van der Waals surface area contributed by atoms with Gasteiger partial charge >= 0.3 is 5.97 Å². The van der Waals surface area contributed by atoms with E-state index in [1.54, 1.807) is 18.2 Å². The molecule has 0 bridgehead atoms. The van der Waals surface area contributed by atoms with Crippen LogP contribution in [-0.2, 0) is 11.2 Å². The third-order valence-electron chi connectivity index (χ3n) is 3.94. The molecular weight excluding hydrogens is 401 g/mol. The molecule has 3 rings (SSSR count). The van der Waals surface area contributed by atoms with Gasteiger partial charge in [0.05, 0.1) is 34.8 Å². The summed E-state index contributed by atoms with van der Waals surface area (Å²) in [5, 5.41) is 3.84. The first-order valence-electron chi connectivity index (χ1n) is 7.69. The second-order valence-electron chi connectivity index (χ2n) is 5.72. The van der Waals surface area contributed by atoms with Gasteiger partial charge in [0.2, 0.25) is 0 Å². The molecule has 0 saturated heterocycles. The van der Waals surface area contributed by atoms with Crippen LogP contribution in [0.3, 0.4) is 0 Å². The Bertz CT molecular complexity index is 885. The Morgan fingerprint density at radius 1 is 1.19 bits per heavy atom. The molecule has 1 N–H and O–H groups in total. The fourth-order valence-corrected chi connectivity index (χ4v) is 3.49. The number of hydrogen-bond acceptors (Lipinski definition) is 4. The molecule has 5 nitrogen and oxygen atoms in total. The molecule has 1 heterocycles. The number of amides is 1. The van der Waals surface area contributed by atoms with Gasteiger partial charge in [0.25, 0.3) is 5.91 Å². The van der Waals surface area contributed by atoms with Gasteiger partial charge in [-0.1, -0.05) is 34.8 Å². The highest BCUT2D eigenvalue weighted by molar-refractivity contribution is 6.36. The van der Waals surface area contributed by atoms with Crippen LogP contribution in [0.4, 0.5) is 0 Å². The van der Waals surface area contributed by atoms with Gasteiger partial charge in [-0.25, -0.2) is 4.79 Å². The van der Waals surface area contributed by atoms with Gasteiger partial charge in [0.15, 0.2) is 0 Å². The van der Waals surface area contributed by atoms with E-state index in [9.17, 15) is 9.59 Å². The molecule has 0 fully saturated rings. The molecule has 0 radical (unpaired) electrons. The fourth-order valence-electron chi connectivity index (χ4n) is 2.71. The zero-order valence-electron chi connectivity index (χ0n) is 13.6. The quantitative estimate of drug-likeness (QED) is 0.763.